The molecule has 2 N–H and O–H groups in total. The largest absolute Gasteiger partial charge is 0.395 e. The van der Waals surface area contributed by atoms with Crippen LogP contribution in [0.2, 0.25) is 0 Å². The Morgan fingerprint density at radius 1 is 1.10 bits per heavy atom. The second kappa shape index (κ2) is 5.71. The van der Waals surface area contributed by atoms with Gasteiger partial charge in [-0.25, -0.2) is 4.98 Å². The van der Waals surface area contributed by atoms with Gasteiger partial charge in [0.2, 0.25) is 5.95 Å². The van der Waals surface area contributed by atoms with E-state index in [1.807, 2.05) is 47.0 Å². The topological polar surface area (TPSA) is 63.0 Å². The fourth-order valence-electron chi connectivity index (χ4n) is 2.21. The fourth-order valence-corrected chi connectivity index (χ4v) is 2.21. The summed E-state index contributed by atoms with van der Waals surface area (Å²) in [4.78, 5) is 8.83. The first-order chi connectivity index (χ1) is 9.88. The molecule has 2 aromatic heterocycles. The Morgan fingerprint density at radius 3 is 2.75 bits per heavy atom. The van der Waals surface area contributed by atoms with Crippen LogP contribution in [0.3, 0.4) is 0 Å². The number of hydrogen-bond donors (Lipinski definition) is 2. The van der Waals surface area contributed by atoms with Crippen molar-refractivity contribution >= 4 is 17.0 Å². The van der Waals surface area contributed by atoms with Gasteiger partial charge in [-0.2, -0.15) is 0 Å². The number of aliphatic hydroxyl groups is 1. The molecule has 5 heteroatoms. The number of aromatic nitrogens is 3. The van der Waals surface area contributed by atoms with Gasteiger partial charge in [0.1, 0.15) is 0 Å². The predicted octanol–water partition coefficient (Wildman–Crippen LogP) is 2.04. The second-order valence-corrected chi connectivity index (χ2v) is 4.47. The number of anilines is 1. The first-order valence-corrected chi connectivity index (χ1v) is 6.58. The number of nitrogens with one attached hydrogen (secondary N) is 1. The molecule has 1 aromatic carbocycles. The van der Waals surface area contributed by atoms with E-state index in [2.05, 4.69) is 15.3 Å². The lowest BCUT2D eigenvalue weighted by Gasteiger charge is -2.09. The first kappa shape index (κ1) is 12.6. The fraction of sp³-hybridized carbons (Fsp3) is 0.200. The summed E-state index contributed by atoms with van der Waals surface area (Å²) in [6.07, 6.45) is 1.77. The molecular formula is C15H16N4O. The zero-order valence-corrected chi connectivity index (χ0v) is 11.0. The lowest BCUT2D eigenvalue weighted by molar-refractivity contribution is 0.278. The summed E-state index contributed by atoms with van der Waals surface area (Å²) in [5.41, 5.74) is 2.89. The lowest BCUT2D eigenvalue weighted by atomic mass is 10.3. The molecule has 0 aliphatic carbocycles. The summed E-state index contributed by atoms with van der Waals surface area (Å²) >= 11 is 0. The molecule has 102 valence electrons. The van der Waals surface area contributed by atoms with E-state index in [0.29, 0.717) is 13.1 Å². The summed E-state index contributed by atoms with van der Waals surface area (Å²) in [5.74, 6) is 0.755. The van der Waals surface area contributed by atoms with Crippen LogP contribution >= 0.6 is 0 Å². The Bertz CT molecular complexity index is 693. The second-order valence-electron chi connectivity index (χ2n) is 4.47. The van der Waals surface area contributed by atoms with Gasteiger partial charge in [0.05, 0.1) is 29.9 Å². The standard InChI is InChI=1S/C15H16N4O/c20-10-9-19-14-7-2-1-6-13(14)18-15(19)17-11-12-5-3-4-8-16-12/h1-8,20H,9-11H2,(H,17,18). The molecule has 20 heavy (non-hydrogen) atoms. The van der Waals surface area contributed by atoms with Crippen molar-refractivity contribution in [3.05, 3.63) is 54.4 Å². The van der Waals surface area contributed by atoms with E-state index in [1.165, 1.54) is 0 Å². The van der Waals surface area contributed by atoms with Crippen LogP contribution in [0.1, 0.15) is 5.69 Å². The van der Waals surface area contributed by atoms with Gasteiger partial charge in [-0.3, -0.25) is 4.98 Å². The van der Waals surface area contributed by atoms with Gasteiger partial charge < -0.3 is 15.0 Å². The van der Waals surface area contributed by atoms with E-state index in [4.69, 9.17) is 0 Å². The smallest absolute Gasteiger partial charge is 0.204 e. The van der Waals surface area contributed by atoms with Crippen molar-refractivity contribution in [2.45, 2.75) is 13.1 Å². The Hall–Kier alpha value is -2.40. The van der Waals surface area contributed by atoms with E-state index in [-0.39, 0.29) is 6.61 Å². The van der Waals surface area contributed by atoms with Crippen molar-refractivity contribution in [2.75, 3.05) is 11.9 Å². The molecule has 0 aliphatic rings. The van der Waals surface area contributed by atoms with Crippen LogP contribution < -0.4 is 5.32 Å². The summed E-state index contributed by atoms with van der Waals surface area (Å²) in [6, 6.07) is 13.7. The number of benzene rings is 1. The highest BCUT2D eigenvalue weighted by atomic mass is 16.3. The van der Waals surface area contributed by atoms with Crippen molar-refractivity contribution in [2.24, 2.45) is 0 Å². The molecular weight excluding hydrogens is 252 g/mol. The van der Waals surface area contributed by atoms with Gasteiger partial charge in [-0.05, 0) is 24.3 Å². The van der Waals surface area contributed by atoms with Crippen molar-refractivity contribution in [1.82, 2.24) is 14.5 Å². The summed E-state index contributed by atoms with van der Waals surface area (Å²) < 4.78 is 1.98. The van der Waals surface area contributed by atoms with E-state index in [0.717, 1.165) is 22.7 Å². The molecule has 3 aromatic rings. The minimum absolute atomic E-state index is 0.0820. The van der Waals surface area contributed by atoms with Gasteiger partial charge in [-0.15, -0.1) is 0 Å². The van der Waals surface area contributed by atoms with Gasteiger partial charge in [0.25, 0.3) is 0 Å². The highest BCUT2D eigenvalue weighted by molar-refractivity contribution is 5.78. The number of aliphatic hydroxyl groups excluding tert-OH is 1. The van der Waals surface area contributed by atoms with Crippen LogP contribution in [-0.4, -0.2) is 26.2 Å². The van der Waals surface area contributed by atoms with Crippen molar-refractivity contribution in [1.29, 1.82) is 0 Å². The third-order valence-electron chi connectivity index (χ3n) is 3.13. The molecule has 0 aliphatic heterocycles. The molecule has 0 spiro atoms. The quantitative estimate of drug-likeness (QED) is 0.743. The van der Waals surface area contributed by atoms with E-state index >= 15 is 0 Å². The molecule has 0 atom stereocenters. The predicted molar refractivity (Wildman–Crippen MR) is 78.4 cm³/mol. The normalized spacial score (nSPS) is 10.8. The van der Waals surface area contributed by atoms with Gasteiger partial charge >= 0.3 is 0 Å². The monoisotopic (exact) mass is 268 g/mol. The first-order valence-electron chi connectivity index (χ1n) is 6.58. The van der Waals surface area contributed by atoms with Crippen molar-refractivity contribution in [3.8, 4) is 0 Å². The zero-order chi connectivity index (χ0) is 13.8. The number of imidazole rings is 1. The van der Waals surface area contributed by atoms with Crippen molar-refractivity contribution < 1.29 is 5.11 Å². The summed E-state index contributed by atoms with van der Waals surface area (Å²) in [5, 5.41) is 12.5. The minimum Gasteiger partial charge on any atom is -0.395 e. The highest BCUT2D eigenvalue weighted by Crippen LogP contribution is 2.19. The Balaban J connectivity index is 1.88. The molecule has 0 saturated heterocycles. The Kier molecular flexibility index (Phi) is 3.60. The SMILES string of the molecule is OCCn1c(NCc2ccccn2)nc2ccccc21. The molecule has 3 rings (SSSR count). The molecule has 0 radical (unpaired) electrons. The van der Waals surface area contributed by atoms with Crippen LogP contribution in [0.25, 0.3) is 11.0 Å². The number of nitrogens with zero attached hydrogens (tertiary/aromatic N) is 3. The van der Waals surface area contributed by atoms with E-state index in [1.54, 1.807) is 6.20 Å². The zero-order valence-electron chi connectivity index (χ0n) is 11.0. The van der Waals surface area contributed by atoms with Crippen LogP contribution in [-0.2, 0) is 13.1 Å². The van der Waals surface area contributed by atoms with E-state index < -0.39 is 0 Å². The number of pyridine rings is 1. The molecule has 0 amide bonds. The lowest BCUT2D eigenvalue weighted by Crippen LogP contribution is -2.10. The number of hydrogen-bond acceptors (Lipinski definition) is 4. The maximum absolute atomic E-state index is 9.22. The highest BCUT2D eigenvalue weighted by Gasteiger charge is 2.09. The average molecular weight is 268 g/mol. The molecule has 0 fully saturated rings. The average Bonchev–Trinajstić information content (AvgIpc) is 2.85. The minimum atomic E-state index is 0.0820. The van der Waals surface area contributed by atoms with Gasteiger partial charge in [0.15, 0.2) is 0 Å². The van der Waals surface area contributed by atoms with E-state index in [9.17, 15) is 5.11 Å². The molecule has 2 heterocycles. The van der Waals surface area contributed by atoms with Gasteiger partial charge in [0, 0.05) is 12.7 Å². The van der Waals surface area contributed by atoms with Crippen molar-refractivity contribution in [3.63, 3.8) is 0 Å². The summed E-state index contributed by atoms with van der Waals surface area (Å²) in [6.45, 7) is 1.21. The van der Waals surface area contributed by atoms with Crippen LogP contribution in [0.5, 0.6) is 0 Å². The molecule has 5 nitrogen and oxygen atoms in total. The third-order valence-corrected chi connectivity index (χ3v) is 3.13. The third kappa shape index (κ3) is 2.48. The van der Waals surface area contributed by atoms with Gasteiger partial charge in [-0.1, -0.05) is 18.2 Å². The van der Waals surface area contributed by atoms with Crippen LogP contribution in [0.15, 0.2) is 48.7 Å². The Morgan fingerprint density at radius 2 is 1.95 bits per heavy atom. The molecule has 0 saturated carbocycles. The molecule has 0 unspecified atom stereocenters. The number of para-hydroxylation sites is 2. The Labute approximate surface area is 116 Å². The van der Waals surface area contributed by atoms with Crippen LogP contribution in [0, 0.1) is 0 Å². The summed E-state index contributed by atoms with van der Waals surface area (Å²) in [7, 11) is 0. The van der Waals surface area contributed by atoms with Crippen LogP contribution in [0.4, 0.5) is 5.95 Å². The number of rotatable bonds is 5. The number of fused-ring (bicyclic) bond motifs is 1. The maximum Gasteiger partial charge on any atom is 0.204 e. The molecule has 0 bridgehead atoms. The maximum atomic E-state index is 9.22.